The molecule has 162 valence electrons. The summed E-state index contributed by atoms with van der Waals surface area (Å²) in [6.07, 6.45) is 1.77. The fourth-order valence-corrected chi connectivity index (χ4v) is 3.45. The van der Waals surface area contributed by atoms with Crippen LogP contribution in [0.4, 0.5) is 16.3 Å². The van der Waals surface area contributed by atoms with E-state index in [9.17, 15) is 4.79 Å². The molecule has 1 aromatic carbocycles. The van der Waals surface area contributed by atoms with E-state index in [-0.39, 0.29) is 11.9 Å². The summed E-state index contributed by atoms with van der Waals surface area (Å²) in [7, 11) is 0. The largest absolute Gasteiger partial charge is 0.353 e. The Bertz CT molecular complexity index is 1050. The van der Waals surface area contributed by atoms with Gasteiger partial charge in [-0.25, -0.2) is 9.78 Å². The van der Waals surface area contributed by atoms with Gasteiger partial charge >= 0.3 is 6.03 Å². The number of hydrogen-bond donors (Lipinski definition) is 1. The van der Waals surface area contributed by atoms with E-state index in [0.717, 1.165) is 30.2 Å². The number of benzene rings is 1. The Morgan fingerprint density at radius 1 is 1.06 bits per heavy atom. The highest BCUT2D eigenvalue weighted by atomic mass is 16.5. The number of aromatic nitrogens is 3. The van der Waals surface area contributed by atoms with E-state index in [1.807, 2.05) is 56.0 Å². The number of piperazine rings is 1. The van der Waals surface area contributed by atoms with Gasteiger partial charge in [0.15, 0.2) is 0 Å². The average Bonchev–Trinajstić information content (AvgIpc) is 3.27. The Hall–Kier alpha value is -3.42. The van der Waals surface area contributed by atoms with Crippen LogP contribution in [0.3, 0.4) is 0 Å². The molecule has 2 amide bonds. The zero-order valence-electron chi connectivity index (χ0n) is 18.4. The Morgan fingerprint density at radius 3 is 2.45 bits per heavy atom. The van der Waals surface area contributed by atoms with Gasteiger partial charge in [0, 0.05) is 49.5 Å². The second kappa shape index (κ2) is 8.75. The third-order valence-corrected chi connectivity index (χ3v) is 5.59. The van der Waals surface area contributed by atoms with Gasteiger partial charge in [-0.05, 0) is 49.2 Å². The van der Waals surface area contributed by atoms with Crippen molar-refractivity contribution in [1.29, 1.82) is 0 Å². The van der Waals surface area contributed by atoms with Gasteiger partial charge in [-0.1, -0.05) is 25.1 Å². The molecular formula is C23H28N6O2. The topological polar surface area (TPSA) is 87.4 Å². The lowest BCUT2D eigenvalue weighted by molar-refractivity contribution is 0.208. The molecule has 2 aromatic heterocycles. The molecule has 3 heterocycles. The first kappa shape index (κ1) is 20.8. The maximum Gasteiger partial charge on any atom is 0.321 e. The van der Waals surface area contributed by atoms with Crippen molar-refractivity contribution in [3.8, 4) is 11.4 Å². The van der Waals surface area contributed by atoms with Crippen molar-refractivity contribution in [3.63, 3.8) is 0 Å². The molecule has 1 saturated heterocycles. The Kier molecular flexibility index (Phi) is 5.88. The highest BCUT2D eigenvalue weighted by Crippen LogP contribution is 2.22. The number of pyridine rings is 1. The van der Waals surface area contributed by atoms with Crippen molar-refractivity contribution in [3.05, 3.63) is 53.5 Å². The van der Waals surface area contributed by atoms with Crippen LogP contribution >= 0.6 is 0 Å². The molecule has 0 spiro atoms. The lowest BCUT2D eigenvalue weighted by Gasteiger charge is -2.35. The minimum absolute atomic E-state index is 0.0655. The summed E-state index contributed by atoms with van der Waals surface area (Å²) in [5, 5.41) is 7.03. The van der Waals surface area contributed by atoms with Crippen LogP contribution in [0, 0.1) is 13.8 Å². The summed E-state index contributed by atoms with van der Waals surface area (Å²) in [6.45, 7) is 10.9. The highest BCUT2D eigenvalue weighted by molar-refractivity contribution is 5.89. The molecule has 0 aliphatic carbocycles. The van der Waals surface area contributed by atoms with Gasteiger partial charge in [-0.3, -0.25) is 0 Å². The number of carbonyl (C=O) groups is 1. The van der Waals surface area contributed by atoms with Crippen LogP contribution in [-0.2, 0) is 0 Å². The van der Waals surface area contributed by atoms with E-state index in [1.165, 1.54) is 11.1 Å². The monoisotopic (exact) mass is 420 g/mol. The van der Waals surface area contributed by atoms with Crippen molar-refractivity contribution in [2.45, 2.75) is 33.6 Å². The summed E-state index contributed by atoms with van der Waals surface area (Å²) in [5.74, 6) is 2.24. The summed E-state index contributed by atoms with van der Waals surface area (Å²) in [6, 6.07) is 9.82. The third-order valence-electron chi connectivity index (χ3n) is 5.59. The van der Waals surface area contributed by atoms with E-state index in [2.05, 4.69) is 32.3 Å². The molecule has 3 aromatic rings. The average molecular weight is 421 g/mol. The van der Waals surface area contributed by atoms with Gasteiger partial charge < -0.3 is 19.6 Å². The first-order valence-corrected chi connectivity index (χ1v) is 10.6. The molecule has 0 unspecified atom stereocenters. The van der Waals surface area contributed by atoms with Crippen molar-refractivity contribution < 1.29 is 9.32 Å². The van der Waals surface area contributed by atoms with Crippen LogP contribution in [0.15, 0.2) is 41.1 Å². The molecule has 1 fully saturated rings. The molecule has 1 N–H and O–H groups in total. The molecule has 0 saturated carbocycles. The fourth-order valence-electron chi connectivity index (χ4n) is 3.45. The standard InChI is InChI=1S/C23H28N6O2/c1-15(2)22-26-21(27-31-22)18-6-8-20(24-14-18)28-9-11-29(12-10-28)23(30)25-19-7-5-16(3)17(4)13-19/h5-8,13-15H,9-12H2,1-4H3,(H,25,30). The Morgan fingerprint density at radius 2 is 1.84 bits per heavy atom. The summed E-state index contributed by atoms with van der Waals surface area (Å²) >= 11 is 0. The van der Waals surface area contributed by atoms with Crippen LogP contribution in [0.1, 0.15) is 36.8 Å². The predicted octanol–water partition coefficient (Wildman–Crippen LogP) is 4.23. The maximum absolute atomic E-state index is 12.6. The number of nitrogens with zero attached hydrogens (tertiary/aromatic N) is 5. The van der Waals surface area contributed by atoms with Crippen LogP contribution in [0.2, 0.25) is 0 Å². The van der Waals surface area contributed by atoms with Crippen LogP contribution in [0.5, 0.6) is 0 Å². The Labute approximate surface area is 182 Å². The number of amides is 2. The SMILES string of the molecule is Cc1ccc(NC(=O)N2CCN(c3ccc(-c4noc(C(C)C)n4)cn3)CC2)cc1C. The highest BCUT2D eigenvalue weighted by Gasteiger charge is 2.22. The van der Waals surface area contributed by atoms with Crippen LogP contribution < -0.4 is 10.2 Å². The number of aryl methyl sites for hydroxylation is 2. The van der Waals surface area contributed by atoms with Gasteiger partial charge in [0.25, 0.3) is 0 Å². The summed E-state index contributed by atoms with van der Waals surface area (Å²) < 4.78 is 5.27. The van der Waals surface area contributed by atoms with Crippen molar-refractivity contribution in [1.82, 2.24) is 20.0 Å². The number of hydrogen-bond acceptors (Lipinski definition) is 6. The fraction of sp³-hybridized carbons (Fsp3) is 0.391. The van der Waals surface area contributed by atoms with Gasteiger partial charge in [0.1, 0.15) is 5.82 Å². The maximum atomic E-state index is 12.6. The molecule has 1 aliphatic rings. The molecular weight excluding hydrogens is 392 g/mol. The lowest BCUT2D eigenvalue weighted by atomic mass is 10.1. The minimum atomic E-state index is -0.0655. The first-order valence-electron chi connectivity index (χ1n) is 10.6. The van der Waals surface area contributed by atoms with E-state index < -0.39 is 0 Å². The number of carbonyl (C=O) groups excluding carboxylic acids is 1. The number of urea groups is 1. The van der Waals surface area contributed by atoms with Crippen molar-refractivity contribution in [2.75, 3.05) is 36.4 Å². The molecule has 0 atom stereocenters. The number of anilines is 2. The van der Waals surface area contributed by atoms with E-state index >= 15 is 0 Å². The number of nitrogens with one attached hydrogen (secondary N) is 1. The van der Waals surface area contributed by atoms with Gasteiger partial charge in [0.2, 0.25) is 11.7 Å². The third kappa shape index (κ3) is 4.68. The van der Waals surface area contributed by atoms with Crippen LogP contribution in [-0.4, -0.2) is 52.2 Å². The minimum Gasteiger partial charge on any atom is -0.353 e. The zero-order chi connectivity index (χ0) is 22.0. The molecule has 8 heteroatoms. The normalized spacial score (nSPS) is 14.2. The molecule has 0 bridgehead atoms. The number of rotatable bonds is 4. The van der Waals surface area contributed by atoms with E-state index in [0.29, 0.717) is 24.8 Å². The van der Waals surface area contributed by atoms with Gasteiger partial charge in [0.05, 0.1) is 0 Å². The second-order valence-corrected chi connectivity index (χ2v) is 8.22. The Balaban J connectivity index is 1.33. The lowest BCUT2D eigenvalue weighted by Crippen LogP contribution is -2.50. The van der Waals surface area contributed by atoms with Crippen molar-refractivity contribution >= 4 is 17.5 Å². The zero-order valence-corrected chi connectivity index (χ0v) is 18.4. The predicted molar refractivity (Wildman–Crippen MR) is 120 cm³/mol. The summed E-state index contributed by atoms with van der Waals surface area (Å²) in [4.78, 5) is 25.6. The van der Waals surface area contributed by atoms with Crippen molar-refractivity contribution in [2.24, 2.45) is 0 Å². The van der Waals surface area contributed by atoms with Gasteiger partial charge in [-0.15, -0.1) is 0 Å². The van der Waals surface area contributed by atoms with E-state index in [1.54, 1.807) is 6.20 Å². The van der Waals surface area contributed by atoms with Crippen LogP contribution in [0.25, 0.3) is 11.4 Å². The quantitative estimate of drug-likeness (QED) is 0.680. The van der Waals surface area contributed by atoms with E-state index in [4.69, 9.17) is 4.52 Å². The first-order chi connectivity index (χ1) is 14.9. The molecule has 0 radical (unpaired) electrons. The smallest absolute Gasteiger partial charge is 0.321 e. The molecule has 8 nitrogen and oxygen atoms in total. The molecule has 4 rings (SSSR count). The second-order valence-electron chi connectivity index (χ2n) is 8.22. The van der Waals surface area contributed by atoms with Gasteiger partial charge in [-0.2, -0.15) is 4.98 Å². The molecule has 31 heavy (non-hydrogen) atoms. The summed E-state index contributed by atoms with van der Waals surface area (Å²) in [5.41, 5.74) is 4.03. The molecule has 1 aliphatic heterocycles.